The SMILES string of the molecule is Cc1cc(C(C)NC(C)c2ccc(O)cc2O)c(C)o1. The van der Waals surface area contributed by atoms with Gasteiger partial charge in [0, 0.05) is 29.3 Å². The van der Waals surface area contributed by atoms with Gasteiger partial charge in [0.1, 0.15) is 23.0 Å². The molecule has 4 heteroatoms. The summed E-state index contributed by atoms with van der Waals surface area (Å²) in [5.74, 6) is 1.96. The van der Waals surface area contributed by atoms with Gasteiger partial charge in [-0.25, -0.2) is 0 Å². The van der Waals surface area contributed by atoms with Crippen molar-refractivity contribution in [3.63, 3.8) is 0 Å². The van der Waals surface area contributed by atoms with Crippen molar-refractivity contribution in [2.45, 2.75) is 39.8 Å². The second kappa shape index (κ2) is 5.59. The topological polar surface area (TPSA) is 65.6 Å². The predicted octanol–water partition coefficient (Wildman–Crippen LogP) is 3.72. The number of furan rings is 1. The van der Waals surface area contributed by atoms with Crippen molar-refractivity contribution in [3.8, 4) is 11.5 Å². The van der Waals surface area contributed by atoms with Crippen LogP contribution in [0.15, 0.2) is 28.7 Å². The van der Waals surface area contributed by atoms with Crippen molar-refractivity contribution in [3.05, 3.63) is 46.9 Å². The highest BCUT2D eigenvalue weighted by Gasteiger charge is 2.17. The third kappa shape index (κ3) is 2.96. The molecule has 0 spiro atoms. The standard InChI is InChI=1S/C16H21NO3/c1-9-7-15(12(4)20-9)11(3)17-10(2)14-6-5-13(18)8-16(14)19/h5-8,10-11,17-19H,1-4H3. The Balaban J connectivity index is 2.14. The first-order chi connectivity index (χ1) is 9.38. The number of aromatic hydroxyl groups is 2. The van der Waals surface area contributed by atoms with Gasteiger partial charge in [0.2, 0.25) is 0 Å². The highest BCUT2D eigenvalue weighted by Crippen LogP contribution is 2.30. The molecule has 0 aliphatic rings. The number of hydrogen-bond acceptors (Lipinski definition) is 4. The molecule has 2 unspecified atom stereocenters. The van der Waals surface area contributed by atoms with E-state index in [0.29, 0.717) is 0 Å². The molecule has 0 fully saturated rings. The van der Waals surface area contributed by atoms with Crippen molar-refractivity contribution in [2.24, 2.45) is 0 Å². The molecule has 0 saturated carbocycles. The quantitative estimate of drug-likeness (QED) is 0.795. The molecule has 0 bridgehead atoms. The Morgan fingerprint density at radius 3 is 2.20 bits per heavy atom. The molecule has 3 N–H and O–H groups in total. The largest absolute Gasteiger partial charge is 0.508 e. The fourth-order valence-electron chi connectivity index (χ4n) is 2.53. The minimum atomic E-state index is -0.0415. The number of phenols is 2. The van der Waals surface area contributed by atoms with E-state index in [-0.39, 0.29) is 23.6 Å². The fraction of sp³-hybridized carbons (Fsp3) is 0.375. The molecule has 0 saturated heterocycles. The third-order valence-electron chi connectivity index (χ3n) is 3.53. The van der Waals surface area contributed by atoms with Crippen LogP contribution in [0.1, 0.15) is 48.6 Å². The van der Waals surface area contributed by atoms with Crippen molar-refractivity contribution < 1.29 is 14.6 Å². The number of phenolic OH excluding ortho intramolecular Hbond substituents is 2. The molecule has 2 rings (SSSR count). The van der Waals surface area contributed by atoms with E-state index >= 15 is 0 Å². The Bertz CT molecular complexity index is 604. The lowest BCUT2D eigenvalue weighted by Crippen LogP contribution is -2.22. The summed E-state index contributed by atoms with van der Waals surface area (Å²) in [6.45, 7) is 7.91. The van der Waals surface area contributed by atoms with Crippen LogP contribution in [0.5, 0.6) is 11.5 Å². The third-order valence-corrected chi connectivity index (χ3v) is 3.53. The van der Waals surface area contributed by atoms with E-state index in [1.807, 2.05) is 26.8 Å². The normalized spacial score (nSPS) is 14.2. The molecule has 2 atom stereocenters. The molecule has 20 heavy (non-hydrogen) atoms. The monoisotopic (exact) mass is 275 g/mol. The van der Waals surface area contributed by atoms with Gasteiger partial charge in [-0.05, 0) is 39.8 Å². The number of hydrogen-bond donors (Lipinski definition) is 3. The molecule has 1 heterocycles. The van der Waals surface area contributed by atoms with E-state index in [4.69, 9.17) is 4.42 Å². The minimum absolute atomic E-state index is 0.0415. The van der Waals surface area contributed by atoms with Crippen LogP contribution in [-0.2, 0) is 0 Å². The minimum Gasteiger partial charge on any atom is -0.508 e. The van der Waals surface area contributed by atoms with Gasteiger partial charge in [0.25, 0.3) is 0 Å². The van der Waals surface area contributed by atoms with Crippen LogP contribution in [-0.4, -0.2) is 10.2 Å². The Labute approximate surface area is 119 Å². The van der Waals surface area contributed by atoms with Gasteiger partial charge in [0.15, 0.2) is 0 Å². The molecule has 0 radical (unpaired) electrons. The van der Waals surface area contributed by atoms with E-state index in [0.717, 1.165) is 22.6 Å². The summed E-state index contributed by atoms with van der Waals surface area (Å²) in [6.07, 6.45) is 0. The van der Waals surface area contributed by atoms with Gasteiger partial charge in [-0.3, -0.25) is 0 Å². The summed E-state index contributed by atoms with van der Waals surface area (Å²) < 4.78 is 5.54. The molecular formula is C16H21NO3. The summed E-state index contributed by atoms with van der Waals surface area (Å²) in [5, 5.41) is 22.6. The average molecular weight is 275 g/mol. The molecule has 2 aromatic rings. The zero-order valence-electron chi connectivity index (χ0n) is 12.3. The second-order valence-corrected chi connectivity index (χ2v) is 5.22. The van der Waals surface area contributed by atoms with E-state index in [2.05, 4.69) is 12.2 Å². The van der Waals surface area contributed by atoms with Gasteiger partial charge in [-0.2, -0.15) is 0 Å². The Morgan fingerprint density at radius 1 is 1.00 bits per heavy atom. The first kappa shape index (κ1) is 14.5. The Kier molecular flexibility index (Phi) is 4.04. The number of rotatable bonds is 4. The van der Waals surface area contributed by atoms with Crippen LogP contribution < -0.4 is 5.32 Å². The van der Waals surface area contributed by atoms with Crippen molar-refractivity contribution in [1.29, 1.82) is 0 Å². The Hall–Kier alpha value is -1.94. The van der Waals surface area contributed by atoms with Crippen LogP contribution in [0.2, 0.25) is 0 Å². The van der Waals surface area contributed by atoms with Gasteiger partial charge in [0.05, 0.1) is 0 Å². The molecular weight excluding hydrogens is 254 g/mol. The first-order valence-corrected chi connectivity index (χ1v) is 6.73. The Morgan fingerprint density at radius 2 is 1.65 bits per heavy atom. The van der Waals surface area contributed by atoms with Crippen molar-refractivity contribution in [2.75, 3.05) is 0 Å². The van der Waals surface area contributed by atoms with E-state index in [1.165, 1.54) is 6.07 Å². The fourth-order valence-corrected chi connectivity index (χ4v) is 2.53. The van der Waals surface area contributed by atoms with Crippen LogP contribution in [0.4, 0.5) is 0 Å². The summed E-state index contributed by atoms with van der Waals surface area (Å²) in [7, 11) is 0. The molecule has 1 aromatic carbocycles. The molecule has 0 aliphatic carbocycles. The maximum Gasteiger partial charge on any atom is 0.124 e. The van der Waals surface area contributed by atoms with Crippen LogP contribution in [0.25, 0.3) is 0 Å². The molecule has 0 amide bonds. The first-order valence-electron chi connectivity index (χ1n) is 6.73. The van der Waals surface area contributed by atoms with Crippen LogP contribution >= 0.6 is 0 Å². The van der Waals surface area contributed by atoms with E-state index in [9.17, 15) is 10.2 Å². The van der Waals surface area contributed by atoms with Gasteiger partial charge in [-0.15, -0.1) is 0 Å². The lowest BCUT2D eigenvalue weighted by Gasteiger charge is -2.21. The summed E-state index contributed by atoms with van der Waals surface area (Å²) >= 11 is 0. The van der Waals surface area contributed by atoms with Crippen LogP contribution in [0.3, 0.4) is 0 Å². The lowest BCUT2D eigenvalue weighted by molar-refractivity contribution is 0.425. The predicted molar refractivity (Wildman–Crippen MR) is 77.9 cm³/mol. The number of nitrogens with one attached hydrogen (secondary N) is 1. The maximum atomic E-state index is 9.89. The zero-order valence-corrected chi connectivity index (χ0v) is 12.3. The van der Waals surface area contributed by atoms with E-state index in [1.54, 1.807) is 12.1 Å². The number of benzene rings is 1. The second-order valence-electron chi connectivity index (χ2n) is 5.22. The zero-order chi connectivity index (χ0) is 14.9. The summed E-state index contributed by atoms with van der Waals surface area (Å²) in [6, 6.07) is 6.74. The summed E-state index contributed by atoms with van der Waals surface area (Å²) in [4.78, 5) is 0. The van der Waals surface area contributed by atoms with Gasteiger partial charge in [-0.1, -0.05) is 6.07 Å². The summed E-state index contributed by atoms with van der Waals surface area (Å²) in [5.41, 5.74) is 1.88. The molecule has 0 aliphatic heterocycles. The molecule has 1 aromatic heterocycles. The number of aryl methyl sites for hydroxylation is 2. The maximum absolute atomic E-state index is 9.89. The highest BCUT2D eigenvalue weighted by atomic mass is 16.3. The molecule has 4 nitrogen and oxygen atoms in total. The van der Waals surface area contributed by atoms with E-state index < -0.39 is 0 Å². The van der Waals surface area contributed by atoms with Gasteiger partial charge < -0.3 is 19.9 Å². The van der Waals surface area contributed by atoms with Gasteiger partial charge >= 0.3 is 0 Å². The molecule has 108 valence electrons. The van der Waals surface area contributed by atoms with Crippen molar-refractivity contribution in [1.82, 2.24) is 5.32 Å². The lowest BCUT2D eigenvalue weighted by atomic mass is 10.0. The highest BCUT2D eigenvalue weighted by molar-refractivity contribution is 5.40. The van der Waals surface area contributed by atoms with Crippen molar-refractivity contribution >= 4 is 0 Å². The smallest absolute Gasteiger partial charge is 0.124 e. The van der Waals surface area contributed by atoms with Crippen LogP contribution in [0, 0.1) is 13.8 Å². The average Bonchev–Trinajstić information content (AvgIpc) is 2.68.